The first-order valence-corrected chi connectivity index (χ1v) is 5.44. The third kappa shape index (κ3) is 3.43. The molecule has 0 aromatic rings. The van der Waals surface area contributed by atoms with Crippen molar-refractivity contribution in [1.29, 1.82) is 0 Å². The van der Waals surface area contributed by atoms with Gasteiger partial charge in [-0.25, -0.2) is 0 Å². The van der Waals surface area contributed by atoms with Crippen molar-refractivity contribution in [2.75, 3.05) is 7.11 Å². The largest absolute Gasteiger partial charge is 0.489 e. The highest BCUT2D eigenvalue weighted by Crippen LogP contribution is 2.23. The molecule has 0 saturated carbocycles. The Balaban J connectivity index is 2.80. The molecule has 1 heteroatoms. The van der Waals surface area contributed by atoms with Crippen molar-refractivity contribution < 1.29 is 4.74 Å². The van der Waals surface area contributed by atoms with Gasteiger partial charge < -0.3 is 4.74 Å². The van der Waals surface area contributed by atoms with Crippen LogP contribution in [-0.4, -0.2) is 7.11 Å². The van der Waals surface area contributed by atoms with Crippen LogP contribution in [0, 0.1) is 5.92 Å². The lowest BCUT2D eigenvalue weighted by Gasteiger charge is -2.13. The lowest BCUT2D eigenvalue weighted by atomic mass is 9.98. The topological polar surface area (TPSA) is 9.23 Å². The second-order valence-electron chi connectivity index (χ2n) is 4.06. The van der Waals surface area contributed by atoms with Crippen LogP contribution in [0.2, 0.25) is 0 Å². The summed E-state index contributed by atoms with van der Waals surface area (Å²) in [4.78, 5) is 0. The van der Waals surface area contributed by atoms with Crippen LogP contribution in [0.4, 0.5) is 0 Å². The maximum absolute atomic E-state index is 5.35. The molecule has 1 nitrogen and oxygen atoms in total. The van der Waals surface area contributed by atoms with Crippen molar-refractivity contribution in [2.24, 2.45) is 5.92 Å². The quantitative estimate of drug-likeness (QED) is 0.488. The SMILES string of the molecule is COC(=C=CC(C)C)C1=CCCCC1. The third-order valence-electron chi connectivity index (χ3n) is 2.33. The predicted octanol–water partition coefficient (Wildman–Crippen LogP) is 3.83. The van der Waals surface area contributed by atoms with Crippen LogP contribution in [0.3, 0.4) is 0 Å². The van der Waals surface area contributed by atoms with Crippen LogP contribution in [0.25, 0.3) is 0 Å². The molecule has 0 aliphatic heterocycles. The van der Waals surface area contributed by atoms with Crippen molar-refractivity contribution in [3.8, 4) is 0 Å². The van der Waals surface area contributed by atoms with Gasteiger partial charge in [0.2, 0.25) is 0 Å². The summed E-state index contributed by atoms with van der Waals surface area (Å²) in [6, 6.07) is 0. The first-order valence-electron chi connectivity index (χ1n) is 5.44. The zero-order valence-electron chi connectivity index (χ0n) is 9.47. The molecule has 0 spiro atoms. The van der Waals surface area contributed by atoms with Gasteiger partial charge in [0.1, 0.15) is 0 Å². The highest BCUT2D eigenvalue weighted by molar-refractivity contribution is 5.26. The number of ether oxygens (including phenoxy) is 1. The Morgan fingerprint density at radius 3 is 2.79 bits per heavy atom. The molecule has 0 bridgehead atoms. The normalized spacial score (nSPS) is 15.9. The van der Waals surface area contributed by atoms with Crippen LogP contribution in [0.1, 0.15) is 39.5 Å². The lowest BCUT2D eigenvalue weighted by Crippen LogP contribution is -1.96. The van der Waals surface area contributed by atoms with E-state index in [2.05, 4.69) is 31.7 Å². The van der Waals surface area contributed by atoms with E-state index in [9.17, 15) is 0 Å². The Bertz CT molecular complexity index is 265. The monoisotopic (exact) mass is 192 g/mol. The second kappa shape index (κ2) is 5.72. The van der Waals surface area contributed by atoms with Crippen LogP contribution < -0.4 is 0 Å². The Labute approximate surface area is 87.2 Å². The molecule has 1 aliphatic carbocycles. The first-order chi connectivity index (χ1) is 6.74. The van der Waals surface area contributed by atoms with Gasteiger partial charge in [0.05, 0.1) is 7.11 Å². The zero-order chi connectivity index (χ0) is 10.4. The summed E-state index contributed by atoms with van der Waals surface area (Å²) >= 11 is 0. The van der Waals surface area contributed by atoms with Gasteiger partial charge in [-0.2, -0.15) is 0 Å². The predicted molar refractivity (Wildman–Crippen MR) is 60.0 cm³/mol. The molecule has 0 N–H and O–H groups in total. The average molecular weight is 192 g/mol. The Morgan fingerprint density at radius 1 is 1.50 bits per heavy atom. The highest BCUT2D eigenvalue weighted by Gasteiger charge is 2.08. The smallest absolute Gasteiger partial charge is 0.164 e. The van der Waals surface area contributed by atoms with E-state index in [-0.39, 0.29) is 0 Å². The molecule has 0 amide bonds. The van der Waals surface area contributed by atoms with E-state index in [0.717, 1.165) is 12.2 Å². The minimum Gasteiger partial charge on any atom is -0.489 e. The van der Waals surface area contributed by atoms with E-state index in [0.29, 0.717) is 5.92 Å². The van der Waals surface area contributed by atoms with Gasteiger partial charge in [0, 0.05) is 0 Å². The van der Waals surface area contributed by atoms with Gasteiger partial charge in [0.15, 0.2) is 5.76 Å². The van der Waals surface area contributed by atoms with Crippen molar-refractivity contribution in [2.45, 2.75) is 39.5 Å². The fraction of sp³-hybridized carbons (Fsp3) is 0.615. The molecular weight excluding hydrogens is 172 g/mol. The second-order valence-corrected chi connectivity index (χ2v) is 4.06. The van der Waals surface area contributed by atoms with Crippen molar-refractivity contribution in [1.82, 2.24) is 0 Å². The van der Waals surface area contributed by atoms with E-state index in [1.165, 1.54) is 24.8 Å². The van der Waals surface area contributed by atoms with Gasteiger partial charge in [-0.15, -0.1) is 0 Å². The minimum atomic E-state index is 0.532. The van der Waals surface area contributed by atoms with E-state index in [1.807, 2.05) is 0 Å². The minimum absolute atomic E-state index is 0.532. The van der Waals surface area contributed by atoms with Gasteiger partial charge in [-0.05, 0) is 43.3 Å². The molecule has 0 saturated heterocycles. The molecule has 14 heavy (non-hydrogen) atoms. The lowest BCUT2D eigenvalue weighted by molar-refractivity contribution is 0.297. The van der Waals surface area contributed by atoms with Crippen molar-refractivity contribution >= 4 is 0 Å². The summed E-state index contributed by atoms with van der Waals surface area (Å²) in [7, 11) is 1.73. The standard InChI is InChI=1S/C13H20O/c1-11(2)9-10-13(14-3)12-7-5-4-6-8-12/h7,9,11H,4-6,8H2,1-3H3. The number of hydrogen-bond acceptors (Lipinski definition) is 1. The van der Waals surface area contributed by atoms with Crippen LogP contribution in [0.15, 0.2) is 29.2 Å². The average Bonchev–Trinajstić information content (AvgIpc) is 2.20. The zero-order valence-corrected chi connectivity index (χ0v) is 9.47. The Hall–Kier alpha value is -0.940. The van der Waals surface area contributed by atoms with E-state index in [1.54, 1.807) is 7.11 Å². The molecular formula is C13H20O. The summed E-state index contributed by atoms with van der Waals surface area (Å²) in [5, 5.41) is 0. The van der Waals surface area contributed by atoms with Crippen LogP contribution >= 0.6 is 0 Å². The van der Waals surface area contributed by atoms with Gasteiger partial charge in [-0.3, -0.25) is 0 Å². The molecule has 0 radical (unpaired) electrons. The summed E-state index contributed by atoms with van der Waals surface area (Å²) in [6.07, 6.45) is 9.27. The maximum Gasteiger partial charge on any atom is 0.164 e. The summed E-state index contributed by atoms with van der Waals surface area (Å²) in [5.41, 5.74) is 4.57. The maximum atomic E-state index is 5.35. The summed E-state index contributed by atoms with van der Waals surface area (Å²) < 4.78 is 5.35. The molecule has 0 aromatic carbocycles. The van der Waals surface area contributed by atoms with Crippen molar-refractivity contribution in [3.63, 3.8) is 0 Å². The highest BCUT2D eigenvalue weighted by atomic mass is 16.5. The first kappa shape index (κ1) is 11.1. The fourth-order valence-electron chi connectivity index (χ4n) is 1.57. The van der Waals surface area contributed by atoms with Crippen LogP contribution in [0.5, 0.6) is 0 Å². The van der Waals surface area contributed by atoms with Gasteiger partial charge in [0.25, 0.3) is 0 Å². The summed E-state index contributed by atoms with van der Waals surface area (Å²) in [6.45, 7) is 4.30. The Kier molecular flexibility index (Phi) is 4.55. The fourth-order valence-corrected chi connectivity index (χ4v) is 1.57. The molecule has 0 fully saturated rings. The number of rotatable bonds is 3. The number of hydrogen-bond donors (Lipinski definition) is 0. The molecule has 0 heterocycles. The van der Waals surface area contributed by atoms with E-state index >= 15 is 0 Å². The van der Waals surface area contributed by atoms with Gasteiger partial charge >= 0.3 is 0 Å². The van der Waals surface area contributed by atoms with Crippen molar-refractivity contribution in [3.05, 3.63) is 29.2 Å². The molecule has 0 aromatic heterocycles. The molecule has 0 unspecified atom stereocenters. The Morgan fingerprint density at radius 2 is 2.29 bits per heavy atom. The number of allylic oxidation sites excluding steroid dienone is 2. The molecule has 78 valence electrons. The van der Waals surface area contributed by atoms with Gasteiger partial charge in [-0.1, -0.05) is 25.7 Å². The summed E-state index contributed by atoms with van der Waals surface area (Å²) in [5.74, 6) is 1.46. The molecule has 1 rings (SSSR count). The van der Waals surface area contributed by atoms with E-state index < -0.39 is 0 Å². The molecule has 0 atom stereocenters. The van der Waals surface area contributed by atoms with E-state index in [4.69, 9.17) is 4.74 Å². The molecule has 1 aliphatic rings. The number of methoxy groups -OCH3 is 1. The third-order valence-corrected chi connectivity index (χ3v) is 2.33. The van der Waals surface area contributed by atoms with Crippen LogP contribution in [-0.2, 0) is 4.74 Å².